The van der Waals surface area contributed by atoms with Crippen LogP contribution >= 0.6 is 12.2 Å². The Morgan fingerprint density at radius 1 is 1.04 bits per heavy atom. The van der Waals surface area contributed by atoms with Gasteiger partial charge in [-0.3, -0.25) is 9.36 Å². The van der Waals surface area contributed by atoms with E-state index in [0.717, 1.165) is 43.4 Å². The fourth-order valence-electron chi connectivity index (χ4n) is 5.76. The van der Waals surface area contributed by atoms with Crippen LogP contribution in [0.5, 0.6) is 0 Å². The Morgan fingerprint density at radius 2 is 1.77 bits per heavy atom. The maximum atomic E-state index is 13.8. The molecule has 0 saturated heterocycles. The average Bonchev–Trinajstić information content (AvgIpc) is 3.11. The fourth-order valence-corrected chi connectivity index (χ4v) is 6.10. The summed E-state index contributed by atoms with van der Waals surface area (Å²) in [6.07, 6.45) is 11.6. The van der Waals surface area contributed by atoms with Crippen LogP contribution in [0.4, 0.5) is 0 Å². The zero-order chi connectivity index (χ0) is 17.7. The third-order valence-electron chi connectivity index (χ3n) is 6.98. The molecule has 3 nitrogen and oxygen atoms in total. The first-order valence-electron chi connectivity index (χ1n) is 10.2. The van der Waals surface area contributed by atoms with Gasteiger partial charge in [0.1, 0.15) is 0 Å². The zero-order valence-corrected chi connectivity index (χ0v) is 16.0. The maximum absolute atomic E-state index is 13.8. The quantitative estimate of drug-likeness (QED) is 0.682. The number of nitrogens with one attached hydrogen (secondary N) is 1. The van der Waals surface area contributed by atoms with Crippen LogP contribution in [-0.2, 0) is 11.8 Å². The van der Waals surface area contributed by atoms with E-state index in [-0.39, 0.29) is 17.0 Å². The predicted molar refractivity (Wildman–Crippen MR) is 107 cm³/mol. The smallest absolute Gasteiger partial charge is 0.258 e. The molecule has 0 amide bonds. The zero-order valence-electron chi connectivity index (χ0n) is 15.2. The minimum absolute atomic E-state index is 0.0106. The van der Waals surface area contributed by atoms with E-state index in [9.17, 15) is 4.79 Å². The molecule has 0 atom stereocenters. The van der Waals surface area contributed by atoms with E-state index in [4.69, 9.17) is 12.2 Å². The van der Waals surface area contributed by atoms with Crippen LogP contribution in [0, 0.1) is 4.77 Å². The monoisotopic (exact) mass is 366 g/mol. The molecule has 2 aromatic rings. The van der Waals surface area contributed by atoms with Gasteiger partial charge >= 0.3 is 0 Å². The molecule has 1 spiro atoms. The van der Waals surface area contributed by atoms with Gasteiger partial charge in [-0.25, -0.2) is 0 Å². The number of hydrogen-bond donors (Lipinski definition) is 1. The van der Waals surface area contributed by atoms with Crippen molar-refractivity contribution in [2.45, 2.75) is 75.7 Å². The SMILES string of the molecule is O=c1c2c([nH]c(=S)n1C1CCCCC1)-c1ccccc1CC21CCCC1. The topological polar surface area (TPSA) is 37.8 Å². The summed E-state index contributed by atoms with van der Waals surface area (Å²) in [6, 6.07) is 8.83. The second-order valence-electron chi connectivity index (χ2n) is 8.47. The third-order valence-corrected chi connectivity index (χ3v) is 7.28. The normalized spacial score (nSPS) is 21.5. The van der Waals surface area contributed by atoms with E-state index in [1.165, 1.54) is 43.2 Å². The summed E-state index contributed by atoms with van der Waals surface area (Å²) in [6.45, 7) is 0. The largest absolute Gasteiger partial charge is 0.331 e. The first kappa shape index (κ1) is 16.5. The minimum Gasteiger partial charge on any atom is -0.331 e. The van der Waals surface area contributed by atoms with Crippen molar-refractivity contribution in [1.29, 1.82) is 0 Å². The molecule has 1 N–H and O–H groups in total. The van der Waals surface area contributed by atoms with Crippen molar-refractivity contribution < 1.29 is 0 Å². The molecule has 3 aliphatic carbocycles. The third kappa shape index (κ3) is 2.38. The molecule has 2 fully saturated rings. The lowest BCUT2D eigenvalue weighted by atomic mass is 9.68. The van der Waals surface area contributed by atoms with Crippen molar-refractivity contribution in [3.05, 3.63) is 50.5 Å². The van der Waals surface area contributed by atoms with Crippen LogP contribution in [0.3, 0.4) is 0 Å². The minimum atomic E-state index is 0.0106. The summed E-state index contributed by atoms with van der Waals surface area (Å²) in [4.78, 5) is 17.3. The molecule has 0 unspecified atom stereocenters. The van der Waals surface area contributed by atoms with Crippen molar-refractivity contribution in [3.8, 4) is 11.3 Å². The molecule has 2 saturated carbocycles. The lowest BCUT2D eigenvalue weighted by Crippen LogP contribution is -2.41. The number of aromatic nitrogens is 2. The molecule has 5 rings (SSSR count). The predicted octanol–water partition coefficient (Wildman–Crippen LogP) is 5.45. The highest BCUT2D eigenvalue weighted by atomic mass is 32.1. The standard InChI is InChI=1S/C22H26N2OS/c25-20-18-19(23-21(26)24(20)16-9-2-1-3-10-16)17-11-5-4-8-15(17)14-22(18)12-6-7-13-22/h4-5,8,11,16H,1-3,6-7,9-10,12-14H2,(H,23,26). The highest BCUT2D eigenvalue weighted by Crippen LogP contribution is 2.49. The second-order valence-corrected chi connectivity index (χ2v) is 8.86. The molecule has 1 heterocycles. The van der Waals surface area contributed by atoms with E-state index in [1.807, 2.05) is 4.57 Å². The lowest BCUT2D eigenvalue weighted by molar-refractivity contribution is 0.332. The summed E-state index contributed by atoms with van der Waals surface area (Å²) in [5.74, 6) is 0. The van der Waals surface area contributed by atoms with Gasteiger partial charge in [0.15, 0.2) is 4.77 Å². The fraction of sp³-hybridized carbons (Fsp3) is 0.545. The molecule has 0 aliphatic heterocycles. The number of benzene rings is 1. The molecule has 26 heavy (non-hydrogen) atoms. The average molecular weight is 367 g/mol. The van der Waals surface area contributed by atoms with Crippen molar-refractivity contribution in [1.82, 2.24) is 9.55 Å². The molecule has 1 aromatic carbocycles. The molecule has 1 aromatic heterocycles. The summed E-state index contributed by atoms with van der Waals surface area (Å²) >= 11 is 5.71. The number of nitrogens with zero attached hydrogens (tertiary/aromatic N) is 1. The van der Waals surface area contributed by atoms with Crippen molar-refractivity contribution in [2.24, 2.45) is 0 Å². The summed E-state index contributed by atoms with van der Waals surface area (Å²) < 4.78 is 2.56. The van der Waals surface area contributed by atoms with Crippen molar-refractivity contribution in [3.63, 3.8) is 0 Å². The Bertz CT molecular complexity index is 959. The van der Waals surface area contributed by atoms with E-state index in [0.29, 0.717) is 4.77 Å². The highest BCUT2D eigenvalue weighted by molar-refractivity contribution is 7.71. The first-order chi connectivity index (χ1) is 12.7. The van der Waals surface area contributed by atoms with E-state index < -0.39 is 0 Å². The molecular weight excluding hydrogens is 340 g/mol. The van der Waals surface area contributed by atoms with Crippen LogP contribution in [0.1, 0.15) is 75.0 Å². The van der Waals surface area contributed by atoms with Gasteiger partial charge in [-0.05, 0) is 49.9 Å². The van der Waals surface area contributed by atoms with Crippen LogP contribution in [-0.4, -0.2) is 9.55 Å². The number of rotatable bonds is 1. The molecule has 0 radical (unpaired) electrons. The molecular formula is C22H26N2OS. The van der Waals surface area contributed by atoms with Gasteiger partial charge in [0, 0.05) is 22.6 Å². The number of fused-ring (bicyclic) bond motifs is 4. The Hall–Kier alpha value is -1.68. The Morgan fingerprint density at radius 3 is 2.54 bits per heavy atom. The van der Waals surface area contributed by atoms with Gasteiger partial charge < -0.3 is 4.98 Å². The van der Waals surface area contributed by atoms with Crippen molar-refractivity contribution in [2.75, 3.05) is 0 Å². The Labute approximate surface area is 159 Å². The van der Waals surface area contributed by atoms with Crippen LogP contribution in [0.25, 0.3) is 11.3 Å². The number of H-pyrrole nitrogens is 1. The molecule has 136 valence electrons. The van der Waals surface area contributed by atoms with Gasteiger partial charge in [-0.2, -0.15) is 0 Å². The summed E-state index contributed by atoms with van der Waals surface area (Å²) in [7, 11) is 0. The van der Waals surface area contributed by atoms with Gasteiger partial charge in [-0.15, -0.1) is 0 Å². The van der Waals surface area contributed by atoms with Crippen LogP contribution < -0.4 is 5.56 Å². The van der Waals surface area contributed by atoms with Crippen LogP contribution in [0.2, 0.25) is 0 Å². The first-order valence-corrected chi connectivity index (χ1v) is 10.6. The van der Waals surface area contributed by atoms with Gasteiger partial charge in [0.25, 0.3) is 5.56 Å². The molecule has 3 aliphatic rings. The highest BCUT2D eigenvalue weighted by Gasteiger charge is 2.44. The molecule has 4 heteroatoms. The number of aromatic amines is 1. The summed E-state index contributed by atoms with van der Waals surface area (Å²) in [5.41, 5.74) is 4.80. The Kier molecular flexibility index (Phi) is 3.93. The van der Waals surface area contributed by atoms with Crippen LogP contribution in [0.15, 0.2) is 29.1 Å². The van der Waals surface area contributed by atoms with Gasteiger partial charge in [0.05, 0.1) is 5.69 Å². The maximum Gasteiger partial charge on any atom is 0.258 e. The van der Waals surface area contributed by atoms with E-state index in [1.54, 1.807) is 0 Å². The van der Waals surface area contributed by atoms with Gasteiger partial charge in [0.2, 0.25) is 0 Å². The van der Waals surface area contributed by atoms with E-state index >= 15 is 0 Å². The molecule has 0 bridgehead atoms. The van der Waals surface area contributed by atoms with E-state index in [2.05, 4.69) is 29.2 Å². The van der Waals surface area contributed by atoms with Gasteiger partial charge in [-0.1, -0.05) is 56.4 Å². The lowest BCUT2D eigenvalue weighted by Gasteiger charge is -2.37. The number of hydrogen-bond acceptors (Lipinski definition) is 2. The summed E-state index contributed by atoms with van der Waals surface area (Å²) in [5, 5.41) is 0. The Balaban J connectivity index is 1.78. The second kappa shape index (κ2) is 6.19. The van der Waals surface area contributed by atoms with Crippen molar-refractivity contribution >= 4 is 12.2 Å².